The van der Waals surface area contributed by atoms with Gasteiger partial charge < -0.3 is 9.88 Å². The Hall–Kier alpha value is -3.40. The standard InChI is InChI=1S/C17H10ClF3N4O3/c18-13-3-2-11(25(27)28)8-12(13)16(26)22-5-6-24-9-23-14-7-10(17(19,20)21)1-4-15(14)24/h1-9H,(H,22,26)/b6-5+. The molecule has 0 fully saturated rings. The van der Waals surface area contributed by atoms with Gasteiger partial charge in [-0.25, -0.2) is 4.98 Å². The first-order valence-electron chi connectivity index (χ1n) is 7.62. The van der Waals surface area contributed by atoms with Crippen LogP contribution in [0.1, 0.15) is 15.9 Å². The van der Waals surface area contributed by atoms with Crippen molar-refractivity contribution in [2.45, 2.75) is 6.18 Å². The maximum atomic E-state index is 12.7. The van der Waals surface area contributed by atoms with E-state index >= 15 is 0 Å². The quantitative estimate of drug-likeness (QED) is 0.507. The van der Waals surface area contributed by atoms with Crippen molar-refractivity contribution in [2.75, 3.05) is 0 Å². The minimum atomic E-state index is -4.47. The second kappa shape index (κ2) is 7.31. The van der Waals surface area contributed by atoms with Gasteiger partial charge in [-0.3, -0.25) is 14.9 Å². The zero-order valence-electron chi connectivity index (χ0n) is 13.8. The first kappa shape index (κ1) is 19.4. The van der Waals surface area contributed by atoms with Crippen LogP contribution in [-0.4, -0.2) is 20.4 Å². The van der Waals surface area contributed by atoms with Gasteiger partial charge in [0.05, 0.1) is 38.4 Å². The number of hydrogen-bond donors (Lipinski definition) is 1. The first-order chi connectivity index (χ1) is 13.2. The third kappa shape index (κ3) is 3.96. The SMILES string of the molecule is O=C(N/C=C/n1cnc2cc(C(F)(F)F)ccc21)c1cc([N+](=O)[O-])ccc1Cl. The molecule has 0 spiro atoms. The molecule has 0 radical (unpaired) electrons. The molecule has 2 aromatic carbocycles. The summed E-state index contributed by atoms with van der Waals surface area (Å²) in [6.45, 7) is 0. The summed E-state index contributed by atoms with van der Waals surface area (Å²) in [5.41, 5.74) is -0.673. The summed E-state index contributed by atoms with van der Waals surface area (Å²) >= 11 is 5.89. The van der Waals surface area contributed by atoms with Crippen LogP contribution in [0.25, 0.3) is 17.2 Å². The molecule has 0 saturated carbocycles. The molecule has 0 aliphatic rings. The van der Waals surface area contributed by atoms with Crippen LogP contribution >= 0.6 is 11.6 Å². The van der Waals surface area contributed by atoms with E-state index in [9.17, 15) is 28.1 Å². The van der Waals surface area contributed by atoms with Crippen LogP contribution in [0.5, 0.6) is 0 Å². The number of amides is 1. The fraction of sp³-hybridized carbons (Fsp3) is 0.0588. The number of nitro groups is 1. The normalized spacial score (nSPS) is 11.9. The summed E-state index contributed by atoms with van der Waals surface area (Å²) in [7, 11) is 0. The number of alkyl halides is 3. The number of hydrogen-bond acceptors (Lipinski definition) is 4. The molecule has 11 heteroatoms. The fourth-order valence-corrected chi connectivity index (χ4v) is 2.60. The molecule has 0 aliphatic heterocycles. The van der Waals surface area contributed by atoms with E-state index in [1.165, 1.54) is 41.5 Å². The van der Waals surface area contributed by atoms with Gasteiger partial charge in [-0.15, -0.1) is 0 Å². The molecule has 1 heterocycles. The van der Waals surface area contributed by atoms with Crippen molar-refractivity contribution >= 4 is 40.4 Å². The molecule has 0 unspecified atom stereocenters. The molecular weight excluding hydrogens is 401 g/mol. The molecule has 1 aromatic heterocycles. The summed E-state index contributed by atoms with van der Waals surface area (Å²) in [5, 5.41) is 13.2. The van der Waals surface area contributed by atoms with Gasteiger partial charge in [0.15, 0.2) is 0 Å². The number of imidazole rings is 1. The van der Waals surface area contributed by atoms with Gasteiger partial charge >= 0.3 is 6.18 Å². The van der Waals surface area contributed by atoms with Crippen molar-refractivity contribution in [3.05, 3.63) is 75.2 Å². The van der Waals surface area contributed by atoms with Crippen LogP contribution < -0.4 is 5.32 Å². The fourth-order valence-electron chi connectivity index (χ4n) is 2.40. The van der Waals surface area contributed by atoms with E-state index in [0.717, 1.165) is 18.2 Å². The Balaban J connectivity index is 1.79. The Morgan fingerprint density at radius 2 is 2.00 bits per heavy atom. The predicted octanol–water partition coefficient (Wildman–Crippen LogP) is 4.47. The van der Waals surface area contributed by atoms with Gasteiger partial charge in [0.2, 0.25) is 0 Å². The number of nitrogens with zero attached hydrogens (tertiary/aromatic N) is 3. The maximum absolute atomic E-state index is 12.7. The Bertz CT molecular complexity index is 1110. The van der Waals surface area contributed by atoms with Crippen molar-refractivity contribution in [3.8, 4) is 0 Å². The van der Waals surface area contributed by atoms with Crippen LogP contribution in [0.2, 0.25) is 5.02 Å². The number of non-ortho nitro benzene ring substituents is 1. The summed E-state index contributed by atoms with van der Waals surface area (Å²) in [4.78, 5) is 26.2. The Kier molecular flexibility index (Phi) is 5.06. The van der Waals surface area contributed by atoms with Crippen molar-refractivity contribution in [3.63, 3.8) is 0 Å². The van der Waals surface area contributed by atoms with Gasteiger partial charge in [0.1, 0.15) is 0 Å². The lowest BCUT2D eigenvalue weighted by Gasteiger charge is -2.06. The lowest BCUT2D eigenvalue weighted by atomic mass is 10.2. The molecule has 3 rings (SSSR count). The number of nitrogens with one attached hydrogen (secondary N) is 1. The van der Waals surface area contributed by atoms with Crippen molar-refractivity contribution in [1.29, 1.82) is 0 Å². The van der Waals surface area contributed by atoms with Crippen LogP contribution in [0.15, 0.2) is 48.9 Å². The highest BCUT2D eigenvalue weighted by molar-refractivity contribution is 6.34. The highest BCUT2D eigenvalue weighted by atomic mass is 35.5. The number of rotatable bonds is 4. The summed E-state index contributed by atoms with van der Waals surface area (Å²) in [5.74, 6) is -0.686. The van der Waals surface area contributed by atoms with E-state index in [0.29, 0.717) is 5.52 Å². The number of benzene rings is 2. The summed E-state index contributed by atoms with van der Waals surface area (Å²) in [6.07, 6.45) is -0.602. The molecule has 0 bridgehead atoms. The average Bonchev–Trinajstić information content (AvgIpc) is 3.03. The number of nitro benzene ring substituents is 1. The van der Waals surface area contributed by atoms with E-state index in [-0.39, 0.29) is 21.8 Å². The van der Waals surface area contributed by atoms with Crippen molar-refractivity contribution in [2.24, 2.45) is 0 Å². The average molecular weight is 411 g/mol. The molecule has 0 saturated heterocycles. The monoisotopic (exact) mass is 410 g/mol. The highest BCUT2D eigenvalue weighted by Crippen LogP contribution is 2.31. The minimum Gasteiger partial charge on any atom is -0.327 e. The zero-order chi connectivity index (χ0) is 20.5. The van der Waals surface area contributed by atoms with Gasteiger partial charge in [-0.1, -0.05) is 11.6 Å². The molecule has 1 N–H and O–H groups in total. The van der Waals surface area contributed by atoms with E-state index < -0.39 is 22.6 Å². The molecule has 0 atom stereocenters. The van der Waals surface area contributed by atoms with E-state index in [1.807, 2.05) is 0 Å². The molecule has 28 heavy (non-hydrogen) atoms. The first-order valence-corrected chi connectivity index (χ1v) is 8.00. The van der Waals surface area contributed by atoms with E-state index in [2.05, 4.69) is 10.3 Å². The van der Waals surface area contributed by atoms with Crippen molar-refractivity contribution < 1.29 is 22.9 Å². The maximum Gasteiger partial charge on any atom is 0.416 e. The predicted molar refractivity (Wildman–Crippen MR) is 95.6 cm³/mol. The van der Waals surface area contributed by atoms with Gasteiger partial charge in [0.25, 0.3) is 11.6 Å². The third-order valence-corrected chi connectivity index (χ3v) is 4.09. The lowest BCUT2D eigenvalue weighted by molar-refractivity contribution is -0.384. The van der Waals surface area contributed by atoms with Crippen LogP contribution in [0, 0.1) is 10.1 Å². The topological polar surface area (TPSA) is 90.1 Å². The Labute approximate surface area is 160 Å². The molecule has 3 aromatic rings. The van der Waals surface area contributed by atoms with Crippen LogP contribution in [0.4, 0.5) is 18.9 Å². The number of fused-ring (bicyclic) bond motifs is 1. The summed E-state index contributed by atoms with van der Waals surface area (Å²) in [6, 6.07) is 6.55. The second-order valence-corrected chi connectivity index (χ2v) is 5.97. The van der Waals surface area contributed by atoms with E-state index in [1.54, 1.807) is 0 Å². The highest BCUT2D eigenvalue weighted by Gasteiger charge is 2.30. The van der Waals surface area contributed by atoms with Crippen LogP contribution in [-0.2, 0) is 6.18 Å². The zero-order valence-corrected chi connectivity index (χ0v) is 14.5. The molecule has 1 amide bonds. The lowest BCUT2D eigenvalue weighted by Crippen LogP contribution is -2.17. The second-order valence-electron chi connectivity index (χ2n) is 5.56. The Morgan fingerprint density at radius 1 is 1.25 bits per heavy atom. The van der Waals surface area contributed by atoms with E-state index in [4.69, 9.17) is 11.6 Å². The summed E-state index contributed by atoms with van der Waals surface area (Å²) < 4.78 is 39.6. The van der Waals surface area contributed by atoms with Gasteiger partial charge in [0, 0.05) is 24.5 Å². The molecule has 7 nitrogen and oxygen atoms in total. The van der Waals surface area contributed by atoms with Gasteiger partial charge in [-0.2, -0.15) is 13.2 Å². The van der Waals surface area contributed by atoms with Crippen LogP contribution in [0.3, 0.4) is 0 Å². The third-order valence-electron chi connectivity index (χ3n) is 3.76. The van der Waals surface area contributed by atoms with Gasteiger partial charge in [-0.05, 0) is 24.3 Å². The number of aromatic nitrogens is 2. The largest absolute Gasteiger partial charge is 0.416 e. The molecule has 144 valence electrons. The smallest absolute Gasteiger partial charge is 0.327 e. The molecule has 0 aliphatic carbocycles. The number of carbonyl (C=O) groups excluding carboxylic acids is 1. The molecular formula is C17H10ClF3N4O3. The van der Waals surface area contributed by atoms with Crippen molar-refractivity contribution in [1.82, 2.24) is 14.9 Å². The number of carbonyl (C=O) groups is 1. The minimum absolute atomic E-state index is 0.0317. The number of halogens is 4. The Morgan fingerprint density at radius 3 is 2.68 bits per heavy atom.